The number of hydrogen-bond donors (Lipinski definition) is 2. The van der Waals surface area contributed by atoms with E-state index in [0.29, 0.717) is 5.56 Å². The van der Waals surface area contributed by atoms with Crippen LogP contribution in [0.5, 0.6) is 0 Å². The second-order valence-electron chi connectivity index (χ2n) is 5.48. The molecular weight excluding hydrogens is 314 g/mol. The number of carbonyl (C=O) groups excluding carboxylic acids is 2. The second-order valence-corrected chi connectivity index (χ2v) is 5.48. The van der Waals surface area contributed by atoms with Crippen molar-refractivity contribution in [1.29, 1.82) is 0 Å². The van der Waals surface area contributed by atoms with Crippen molar-refractivity contribution in [1.82, 2.24) is 15.8 Å². The predicted octanol–water partition coefficient (Wildman–Crippen LogP) is 2.75. The van der Waals surface area contributed by atoms with Crippen LogP contribution in [0.25, 0.3) is 11.1 Å². The number of rotatable bonds is 4. The summed E-state index contributed by atoms with van der Waals surface area (Å²) in [6.45, 7) is 0. The Balaban J connectivity index is 1.54. The highest BCUT2D eigenvalue weighted by atomic mass is 16.2. The van der Waals surface area contributed by atoms with Crippen LogP contribution in [-0.2, 0) is 11.2 Å². The maximum Gasteiger partial charge on any atom is 0.271 e. The van der Waals surface area contributed by atoms with E-state index in [-0.39, 0.29) is 12.3 Å². The zero-order valence-electron chi connectivity index (χ0n) is 13.5. The van der Waals surface area contributed by atoms with Gasteiger partial charge in [0.25, 0.3) is 5.91 Å². The average molecular weight is 331 g/mol. The van der Waals surface area contributed by atoms with E-state index in [1.54, 1.807) is 18.3 Å². The minimum Gasteiger partial charge on any atom is -0.273 e. The molecule has 0 saturated heterocycles. The Kier molecular flexibility index (Phi) is 5.16. The van der Waals surface area contributed by atoms with Crippen molar-refractivity contribution < 1.29 is 9.59 Å². The lowest BCUT2D eigenvalue weighted by atomic mass is 10.0. The fraction of sp³-hybridized carbons (Fsp3) is 0.0500. The number of nitrogens with zero attached hydrogens (tertiary/aromatic N) is 1. The van der Waals surface area contributed by atoms with E-state index in [9.17, 15) is 9.59 Å². The van der Waals surface area contributed by atoms with Gasteiger partial charge in [0.1, 0.15) is 0 Å². The fourth-order valence-electron chi connectivity index (χ4n) is 2.37. The summed E-state index contributed by atoms with van der Waals surface area (Å²) < 4.78 is 0. The summed E-state index contributed by atoms with van der Waals surface area (Å²) in [6, 6.07) is 21.1. The van der Waals surface area contributed by atoms with Crippen molar-refractivity contribution in [3.05, 3.63) is 90.3 Å². The van der Waals surface area contributed by atoms with Crippen LogP contribution in [-0.4, -0.2) is 16.8 Å². The summed E-state index contributed by atoms with van der Waals surface area (Å²) in [5.41, 5.74) is 8.26. The summed E-state index contributed by atoms with van der Waals surface area (Å²) >= 11 is 0. The maximum absolute atomic E-state index is 12.0. The lowest BCUT2D eigenvalue weighted by Crippen LogP contribution is -2.42. The van der Waals surface area contributed by atoms with Gasteiger partial charge in [0.15, 0.2) is 0 Å². The van der Waals surface area contributed by atoms with Crippen LogP contribution >= 0.6 is 0 Å². The molecule has 0 radical (unpaired) electrons. The number of nitrogens with one attached hydrogen (secondary N) is 2. The quantitative estimate of drug-likeness (QED) is 0.722. The average Bonchev–Trinajstić information content (AvgIpc) is 2.68. The number of carbonyl (C=O) groups is 2. The number of benzene rings is 2. The third-order valence-corrected chi connectivity index (χ3v) is 3.66. The minimum atomic E-state index is -0.402. The number of hydrazine groups is 1. The monoisotopic (exact) mass is 331 g/mol. The first-order valence-electron chi connectivity index (χ1n) is 7.86. The molecule has 1 heterocycles. The molecule has 2 amide bonds. The Morgan fingerprint density at radius 2 is 1.52 bits per heavy atom. The molecule has 1 aromatic heterocycles. The van der Waals surface area contributed by atoms with Gasteiger partial charge in [0.2, 0.25) is 5.91 Å². The molecule has 124 valence electrons. The zero-order valence-corrected chi connectivity index (χ0v) is 13.5. The van der Waals surface area contributed by atoms with Gasteiger partial charge in [-0.05, 0) is 28.8 Å². The van der Waals surface area contributed by atoms with E-state index in [4.69, 9.17) is 0 Å². The molecule has 0 aliphatic carbocycles. The molecule has 0 aliphatic rings. The minimum absolute atomic E-state index is 0.183. The van der Waals surface area contributed by atoms with E-state index in [0.717, 1.165) is 16.7 Å². The molecule has 2 N–H and O–H groups in total. The van der Waals surface area contributed by atoms with E-state index >= 15 is 0 Å². The highest BCUT2D eigenvalue weighted by molar-refractivity contribution is 5.95. The summed E-state index contributed by atoms with van der Waals surface area (Å²) in [6.07, 6.45) is 3.20. The van der Waals surface area contributed by atoms with Crippen LogP contribution in [0, 0.1) is 0 Å². The normalized spacial score (nSPS) is 10.1. The first-order valence-corrected chi connectivity index (χ1v) is 7.86. The van der Waals surface area contributed by atoms with Crippen molar-refractivity contribution in [2.45, 2.75) is 6.42 Å². The summed E-state index contributed by atoms with van der Waals surface area (Å²) in [4.78, 5) is 27.7. The Morgan fingerprint density at radius 1 is 0.800 bits per heavy atom. The van der Waals surface area contributed by atoms with Crippen molar-refractivity contribution in [2.24, 2.45) is 0 Å². The fourth-order valence-corrected chi connectivity index (χ4v) is 2.37. The van der Waals surface area contributed by atoms with Gasteiger partial charge in [-0.25, -0.2) is 0 Å². The van der Waals surface area contributed by atoms with E-state index < -0.39 is 5.91 Å². The first kappa shape index (κ1) is 16.4. The molecule has 2 aromatic carbocycles. The molecule has 0 spiro atoms. The van der Waals surface area contributed by atoms with Crippen LogP contribution in [0.3, 0.4) is 0 Å². The molecular formula is C20H17N3O2. The van der Waals surface area contributed by atoms with Crippen LogP contribution < -0.4 is 10.9 Å². The van der Waals surface area contributed by atoms with Gasteiger partial charge in [-0.1, -0.05) is 54.6 Å². The Morgan fingerprint density at radius 3 is 2.20 bits per heavy atom. The Labute approximate surface area is 145 Å². The van der Waals surface area contributed by atoms with Crippen molar-refractivity contribution in [3.8, 4) is 11.1 Å². The van der Waals surface area contributed by atoms with Gasteiger partial charge in [0, 0.05) is 12.4 Å². The number of pyridine rings is 1. The van der Waals surface area contributed by atoms with Gasteiger partial charge >= 0.3 is 0 Å². The molecule has 0 saturated carbocycles. The van der Waals surface area contributed by atoms with Crippen LogP contribution in [0.1, 0.15) is 15.9 Å². The van der Waals surface area contributed by atoms with Gasteiger partial charge in [-0.15, -0.1) is 0 Å². The van der Waals surface area contributed by atoms with Gasteiger partial charge in [-0.2, -0.15) is 0 Å². The smallest absolute Gasteiger partial charge is 0.271 e. The van der Waals surface area contributed by atoms with Gasteiger partial charge in [0.05, 0.1) is 12.0 Å². The van der Waals surface area contributed by atoms with Crippen LogP contribution in [0.15, 0.2) is 79.1 Å². The zero-order chi connectivity index (χ0) is 17.5. The van der Waals surface area contributed by atoms with Gasteiger partial charge < -0.3 is 0 Å². The number of amides is 2. The van der Waals surface area contributed by atoms with Crippen molar-refractivity contribution >= 4 is 11.8 Å². The molecule has 0 aliphatic heterocycles. The molecule has 3 aromatic rings. The standard InChI is InChI=1S/C20H17N3O2/c24-19(22-23-20(25)18-7-4-12-21-14-18)13-15-8-10-17(11-9-15)16-5-2-1-3-6-16/h1-12,14H,13H2,(H,22,24)(H,23,25). The lowest BCUT2D eigenvalue weighted by Gasteiger charge is -2.08. The lowest BCUT2D eigenvalue weighted by molar-refractivity contribution is -0.121. The molecule has 5 nitrogen and oxygen atoms in total. The topological polar surface area (TPSA) is 71.1 Å². The summed E-state index contributed by atoms with van der Waals surface area (Å²) in [5, 5.41) is 0. The molecule has 0 atom stereocenters. The van der Waals surface area contributed by atoms with Crippen LogP contribution in [0.2, 0.25) is 0 Å². The van der Waals surface area contributed by atoms with E-state index in [1.807, 2.05) is 54.6 Å². The van der Waals surface area contributed by atoms with Gasteiger partial charge in [-0.3, -0.25) is 25.4 Å². The Hall–Kier alpha value is -3.47. The first-order chi connectivity index (χ1) is 12.2. The SMILES string of the molecule is O=C(Cc1ccc(-c2ccccc2)cc1)NNC(=O)c1cccnc1. The molecule has 0 fully saturated rings. The second kappa shape index (κ2) is 7.88. The van der Waals surface area contributed by atoms with Crippen molar-refractivity contribution in [3.63, 3.8) is 0 Å². The largest absolute Gasteiger partial charge is 0.273 e. The number of aromatic nitrogens is 1. The molecule has 25 heavy (non-hydrogen) atoms. The Bertz CT molecular complexity index is 847. The molecule has 5 heteroatoms. The third kappa shape index (κ3) is 4.51. The predicted molar refractivity (Wildman–Crippen MR) is 95.4 cm³/mol. The van der Waals surface area contributed by atoms with E-state index in [2.05, 4.69) is 15.8 Å². The van der Waals surface area contributed by atoms with Crippen LogP contribution in [0.4, 0.5) is 0 Å². The molecule has 0 bridgehead atoms. The highest BCUT2D eigenvalue weighted by Gasteiger charge is 2.08. The maximum atomic E-state index is 12.0. The summed E-state index contributed by atoms with van der Waals surface area (Å²) in [7, 11) is 0. The third-order valence-electron chi connectivity index (χ3n) is 3.66. The van der Waals surface area contributed by atoms with Crippen molar-refractivity contribution in [2.75, 3.05) is 0 Å². The number of hydrogen-bond acceptors (Lipinski definition) is 3. The highest BCUT2D eigenvalue weighted by Crippen LogP contribution is 2.19. The molecule has 3 rings (SSSR count). The molecule has 0 unspecified atom stereocenters. The summed E-state index contributed by atoms with van der Waals surface area (Å²) in [5.74, 6) is -0.689. The van der Waals surface area contributed by atoms with E-state index in [1.165, 1.54) is 6.20 Å².